The van der Waals surface area contributed by atoms with Crippen LogP contribution in [0.25, 0.3) is 5.70 Å². The maximum atomic E-state index is 12.8. The van der Waals surface area contributed by atoms with Crippen LogP contribution < -0.4 is 16.9 Å². The Labute approximate surface area is 154 Å². The van der Waals surface area contributed by atoms with E-state index in [4.69, 9.17) is 20.8 Å². The van der Waals surface area contributed by atoms with Gasteiger partial charge in [-0.2, -0.15) is 0 Å². The van der Waals surface area contributed by atoms with Gasteiger partial charge in [-0.1, -0.05) is 13.8 Å². The van der Waals surface area contributed by atoms with Gasteiger partial charge in [-0.25, -0.2) is 10.8 Å². The van der Waals surface area contributed by atoms with Gasteiger partial charge in [0.05, 0.1) is 11.9 Å². The molecule has 1 aliphatic heterocycles. The molecule has 1 fully saturated rings. The molecule has 9 heteroatoms. The third-order valence-electron chi connectivity index (χ3n) is 4.16. The van der Waals surface area contributed by atoms with Crippen LogP contribution in [0.3, 0.4) is 0 Å². The Kier molecular flexibility index (Phi) is 8.63. The van der Waals surface area contributed by atoms with Gasteiger partial charge in [0.1, 0.15) is 6.04 Å². The molecule has 9 nitrogen and oxygen atoms in total. The number of amides is 2. The van der Waals surface area contributed by atoms with Crippen LogP contribution in [-0.4, -0.2) is 52.9 Å². The van der Waals surface area contributed by atoms with Crippen LogP contribution in [0.2, 0.25) is 0 Å². The van der Waals surface area contributed by atoms with Gasteiger partial charge in [0.15, 0.2) is 12.2 Å². The van der Waals surface area contributed by atoms with Crippen LogP contribution in [0.15, 0.2) is 23.2 Å². The summed E-state index contributed by atoms with van der Waals surface area (Å²) in [7, 11) is 1.56. The molecule has 1 saturated heterocycles. The summed E-state index contributed by atoms with van der Waals surface area (Å²) in [6.07, 6.45) is 7.04. The number of likely N-dealkylation sites (tertiary alicyclic amines) is 1. The van der Waals surface area contributed by atoms with E-state index < -0.39 is 6.04 Å². The van der Waals surface area contributed by atoms with Crippen LogP contribution >= 0.6 is 0 Å². The average Bonchev–Trinajstić information content (AvgIpc) is 3.26. The van der Waals surface area contributed by atoms with Gasteiger partial charge in [-0.15, -0.1) is 0 Å². The van der Waals surface area contributed by atoms with E-state index in [0.29, 0.717) is 17.9 Å². The Morgan fingerprint density at radius 3 is 2.62 bits per heavy atom. The van der Waals surface area contributed by atoms with E-state index in [9.17, 15) is 4.79 Å². The van der Waals surface area contributed by atoms with Crippen molar-refractivity contribution in [2.45, 2.75) is 45.7 Å². The molecule has 0 radical (unpaired) electrons. The average molecular weight is 366 g/mol. The zero-order chi connectivity index (χ0) is 19.7. The number of hydrogen-bond acceptors (Lipinski definition) is 7. The summed E-state index contributed by atoms with van der Waals surface area (Å²) in [6, 6.07) is -0.195. The first-order chi connectivity index (χ1) is 12.3. The van der Waals surface area contributed by atoms with Crippen LogP contribution in [0.4, 0.5) is 0 Å². The first-order valence-electron chi connectivity index (χ1n) is 8.64. The van der Waals surface area contributed by atoms with E-state index in [0.717, 1.165) is 19.4 Å². The fourth-order valence-corrected chi connectivity index (χ4v) is 2.85. The molecule has 26 heavy (non-hydrogen) atoms. The number of nitrogens with one attached hydrogen (secondary N) is 1. The van der Waals surface area contributed by atoms with Crippen molar-refractivity contribution < 1.29 is 14.0 Å². The highest BCUT2D eigenvalue weighted by molar-refractivity contribution is 5.83. The molecule has 0 aromatic carbocycles. The maximum absolute atomic E-state index is 12.8. The number of aromatic nitrogens is 1. The van der Waals surface area contributed by atoms with Crippen molar-refractivity contribution in [1.82, 2.24) is 20.2 Å². The first kappa shape index (κ1) is 21.5. The van der Waals surface area contributed by atoms with Crippen molar-refractivity contribution in [3.05, 3.63) is 24.6 Å². The molecule has 0 saturated carbocycles. The van der Waals surface area contributed by atoms with E-state index in [1.807, 2.05) is 18.7 Å². The van der Waals surface area contributed by atoms with Gasteiger partial charge in [0, 0.05) is 25.8 Å². The predicted molar refractivity (Wildman–Crippen MR) is 98.9 cm³/mol. The number of hydrazine groups is 1. The molecule has 2 unspecified atom stereocenters. The standard InChI is InChI=1S/C15H25N5O2.C2H5NO/c1-10(2)14(15(21)19-6-4-5-11(19)3)20(17)8-12(16)13-7-18-9-22-13;1-3-2-4/h7-11,14H,4-6,16-17H2,1-3H3;2H,1H3,(H,3,4)/b12-8-;. The number of carbonyl (C=O) groups excluding carboxylic acids is 2. The zero-order valence-corrected chi connectivity index (χ0v) is 15.9. The fraction of sp³-hybridized carbons (Fsp3) is 0.588. The first-order valence-corrected chi connectivity index (χ1v) is 8.64. The second-order valence-electron chi connectivity index (χ2n) is 6.52. The van der Waals surface area contributed by atoms with E-state index in [1.165, 1.54) is 23.8 Å². The summed E-state index contributed by atoms with van der Waals surface area (Å²) in [5, 5.41) is 3.63. The van der Waals surface area contributed by atoms with Gasteiger partial charge in [0.2, 0.25) is 12.3 Å². The van der Waals surface area contributed by atoms with Crippen molar-refractivity contribution in [3.63, 3.8) is 0 Å². The number of oxazole rings is 1. The Balaban J connectivity index is 0.000000765. The minimum absolute atomic E-state index is 0.0455. The van der Waals surface area contributed by atoms with Crippen molar-refractivity contribution >= 4 is 18.0 Å². The number of nitrogens with zero attached hydrogens (tertiary/aromatic N) is 3. The quantitative estimate of drug-likeness (QED) is 0.380. The van der Waals surface area contributed by atoms with E-state index in [2.05, 4.69) is 17.2 Å². The monoisotopic (exact) mass is 366 g/mol. The molecule has 2 atom stereocenters. The van der Waals surface area contributed by atoms with Crippen molar-refractivity contribution in [1.29, 1.82) is 0 Å². The van der Waals surface area contributed by atoms with Gasteiger partial charge >= 0.3 is 0 Å². The molecular formula is C17H30N6O3. The number of hydrogen-bond donors (Lipinski definition) is 3. The third kappa shape index (κ3) is 5.76. The van der Waals surface area contributed by atoms with Crippen LogP contribution in [0, 0.1) is 5.92 Å². The van der Waals surface area contributed by atoms with Gasteiger partial charge in [-0.05, 0) is 25.7 Å². The third-order valence-corrected chi connectivity index (χ3v) is 4.16. The lowest BCUT2D eigenvalue weighted by Gasteiger charge is -2.33. The molecule has 2 rings (SSSR count). The molecule has 2 amide bonds. The number of nitrogens with two attached hydrogens (primary N) is 2. The number of rotatable bonds is 6. The number of carbonyl (C=O) groups is 2. The summed E-state index contributed by atoms with van der Waals surface area (Å²) in [5.74, 6) is 6.64. The zero-order valence-electron chi connectivity index (χ0n) is 15.9. The molecule has 0 aliphatic carbocycles. The van der Waals surface area contributed by atoms with Crippen molar-refractivity contribution in [2.75, 3.05) is 13.6 Å². The second-order valence-corrected chi connectivity index (χ2v) is 6.52. The molecule has 146 valence electrons. The minimum atomic E-state index is -0.456. The summed E-state index contributed by atoms with van der Waals surface area (Å²) in [5.41, 5.74) is 6.28. The maximum Gasteiger partial charge on any atom is 0.247 e. The van der Waals surface area contributed by atoms with Crippen LogP contribution in [0.5, 0.6) is 0 Å². The molecule has 5 N–H and O–H groups in total. The van der Waals surface area contributed by atoms with Crippen LogP contribution in [0.1, 0.15) is 39.4 Å². The van der Waals surface area contributed by atoms with Crippen molar-refractivity contribution in [3.8, 4) is 0 Å². The second kappa shape index (κ2) is 10.4. The molecule has 0 bridgehead atoms. The highest BCUT2D eigenvalue weighted by Crippen LogP contribution is 2.22. The Morgan fingerprint density at radius 1 is 1.54 bits per heavy atom. The molecular weight excluding hydrogens is 336 g/mol. The highest BCUT2D eigenvalue weighted by atomic mass is 16.3. The molecule has 1 aromatic rings. The lowest BCUT2D eigenvalue weighted by molar-refractivity contribution is -0.138. The minimum Gasteiger partial charge on any atom is -0.442 e. The van der Waals surface area contributed by atoms with Gasteiger partial charge in [0.25, 0.3) is 0 Å². The molecule has 2 heterocycles. The van der Waals surface area contributed by atoms with E-state index in [-0.39, 0.29) is 17.9 Å². The summed E-state index contributed by atoms with van der Waals surface area (Å²) >= 11 is 0. The normalized spacial score (nSPS) is 18.2. The fourth-order valence-electron chi connectivity index (χ4n) is 2.85. The lowest BCUT2D eigenvalue weighted by Crippen LogP contribution is -2.53. The smallest absolute Gasteiger partial charge is 0.247 e. The topological polar surface area (TPSA) is 131 Å². The van der Waals surface area contributed by atoms with Gasteiger partial charge < -0.3 is 25.4 Å². The Morgan fingerprint density at radius 2 is 2.19 bits per heavy atom. The Bertz CT molecular complexity index is 587. The molecule has 0 spiro atoms. The largest absolute Gasteiger partial charge is 0.442 e. The summed E-state index contributed by atoms with van der Waals surface area (Å²) < 4.78 is 5.13. The van der Waals surface area contributed by atoms with Crippen molar-refractivity contribution in [2.24, 2.45) is 17.5 Å². The van der Waals surface area contributed by atoms with E-state index >= 15 is 0 Å². The van der Waals surface area contributed by atoms with E-state index in [1.54, 1.807) is 7.05 Å². The molecule has 1 aliphatic rings. The van der Waals surface area contributed by atoms with Crippen LogP contribution in [-0.2, 0) is 9.59 Å². The SMILES string of the molecule is CC(C)C(C(=O)N1CCCC1C)N(N)/C=C(\N)c1cnco1.CNC=O. The summed E-state index contributed by atoms with van der Waals surface area (Å²) in [4.78, 5) is 27.6. The highest BCUT2D eigenvalue weighted by Gasteiger charge is 2.34. The van der Waals surface area contributed by atoms with Gasteiger partial charge in [-0.3, -0.25) is 9.59 Å². The Hall–Kier alpha value is -2.55. The predicted octanol–water partition coefficient (Wildman–Crippen LogP) is 0.505. The lowest BCUT2D eigenvalue weighted by atomic mass is 10.0. The molecule has 1 aromatic heterocycles. The summed E-state index contributed by atoms with van der Waals surface area (Å²) in [6.45, 7) is 6.81.